The largest absolute Gasteiger partial charge is 0.506 e. The van der Waals surface area contributed by atoms with Crippen molar-refractivity contribution in [3.63, 3.8) is 0 Å². The van der Waals surface area contributed by atoms with Gasteiger partial charge < -0.3 is 20.3 Å². The van der Waals surface area contributed by atoms with Crippen molar-refractivity contribution in [2.75, 3.05) is 18.6 Å². The number of esters is 1. The van der Waals surface area contributed by atoms with Crippen LogP contribution in [0, 0.1) is 6.92 Å². The Labute approximate surface area is 250 Å². The van der Waals surface area contributed by atoms with Gasteiger partial charge in [0.15, 0.2) is 0 Å². The minimum atomic E-state index is -0.888. The molecule has 12 nitrogen and oxygen atoms in total. The first-order valence-corrected chi connectivity index (χ1v) is 13.8. The van der Waals surface area contributed by atoms with E-state index in [1.807, 2.05) is 43.3 Å². The smallest absolute Gasteiger partial charge is 0.331 e. The van der Waals surface area contributed by atoms with E-state index in [0.29, 0.717) is 23.4 Å². The lowest BCUT2D eigenvalue weighted by Crippen LogP contribution is -2.35. The molecule has 218 valence electrons. The number of aromatic nitrogens is 4. The van der Waals surface area contributed by atoms with Crippen molar-refractivity contribution in [1.82, 2.24) is 20.2 Å². The summed E-state index contributed by atoms with van der Waals surface area (Å²) in [4.78, 5) is 40.1. The van der Waals surface area contributed by atoms with Gasteiger partial charge in [0.05, 0.1) is 19.2 Å². The summed E-state index contributed by atoms with van der Waals surface area (Å²) in [6, 6.07) is 22.2. The number of methoxy groups -OCH3 is 1. The van der Waals surface area contributed by atoms with Crippen molar-refractivity contribution < 1.29 is 29.0 Å². The van der Waals surface area contributed by atoms with E-state index in [1.165, 1.54) is 15.6 Å². The minimum Gasteiger partial charge on any atom is -0.506 e. The number of carbonyl (C=O) groups excluding carboxylic acids is 3. The molecule has 3 N–H and O–H groups in total. The zero-order valence-electron chi connectivity index (χ0n) is 23.1. The molecule has 0 spiro atoms. The van der Waals surface area contributed by atoms with Crippen LogP contribution in [0.1, 0.15) is 21.5 Å². The summed E-state index contributed by atoms with van der Waals surface area (Å²) in [6.45, 7) is 1.73. The monoisotopic (exact) mass is 598 g/mol. The van der Waals surface area contributed by atoms with Crippen LogP contribution >= 0.6 is 11.8 Å². The SMILES string of the molecule is COc1ccc(Cn2nnnc2SC(=O)N(CC(=O)Oc2cc(C(N)=O)c(O)c3ccccc23)c2ccc(C)cc2)cc1. The molecule has 0 saturated carbocycles. The maximum atomic E-state index is 13.6. The number of hydrogen-bond acceptors (Lipinski definition) is 10. The first-order chi connectivity index (χ1) is 20.7. The molecular formula is C30H26N6O6S. The first-order valence-electron chi connectivity index (χ1n) is 12.9. The number of thioether (sulfide) groups is 1. The molecule has 0 unspecified atom stereocenters. The number of aryl methyl sites for hydroxylation is 1. The molecule has 5 aromatic rings. The number of aromatic hydroxyl groups is 1. The fraction of sp³-hybridized carbons (Fsp3) is 0.133. The third kappa shape index (κ3) is 6.57. The fourth-order valence-corrected chi connectivity index (χ4v) is 4.99. The Bertz CT molecular complexity index is 1810. The zero-order chi connectivity index (χ0) is 30.5. The Morgan fingerprint density at radius 3 is 2.37 bits per heavy atom. The van der Waals surface area contributed by atoms with Crippen molar-refractivity contribution in [3.8, 4) is 17.2 Å². The fourth-order valence-electron chi connectivity index (χ4n) is 4.27. The minimum absolute atomic E-state index is 0.0135. The van der Waals surface area contributed by atoms with Crippen molar-refractivity contribution in [3.05, 3.63) is 95.6 Å². The normalized spacial score (nSPS) is 10.8. The number of phenols is 1. The van der Waals surface area contributed by atoms with Crippen molar-refractivity contribution >= 4 is 45.3 Å². The van der Waals surface area contributed by atoms with Crippen LogP contribution in [0.2, 0.25) is 0 Å². The Balaban J connectivity index is 1.39. The van der Waals surface area contributed by atoms with Crippen LogP contribution in [-0.2, 0) is 11.3 Å². The van der Waals surface area contributed by atoms with Gasteiger partial charge in [0.2, 0.25) is 5.16 Å². The molecule has 0 saturated heterocycles. The number of fused-ring (bicyclic) bond motifs is 1. The second-order valence-corrected chi connectivity index (χ2v) is 10.3. The van der Waals surface area contributed by atoms with E-state index in [2.05, 4.69) is 15.5 Å². The molecule has 1 heterocycles. The summed E-state index contributed by atoms with van der Waals surface area (Å²) in [7, 11) is 1.58. The molecule has 0 aliphatic carbocycles. The predicted octanol–water partition coefficient (Wildman–Crippen LogP) is 4.32. The standard InChI is InChI=1S/C30H26N6O6S/c1-18-7-11-20(12-8-18)35(30(40)43-29-32-33-34-36(29)16-19-9-13-21(41-2)14-10-19)17-26(37)42-25-15-24(28(31)39)27(38)23-6-4-3-5-22(23)25/h3-15,38H,16-17H2,1-2H3,(H2,31,39). The van der Waals surface area contributed by atoms with Gasteiger partial charge in [-0.1, -0.05) is 54.1 Å². The molecule has 0 radical (unpaired) electrons. The topological polar surface area (TPSA) is 163 Å². The van der Waals surface area contributed by atoms with Crippen LogP contribution in [-0.4, -0.2) is 56.1 Å². The molecule has 0 aliphatic rings. The lowest BCUT2D eigenvalue weighted by molar-refractivity contribution is -0.132. The van der Waals surface area contributed by atoms with Crippen LogP contribution in [0.4, 0.5) is 10.5 Å². The van der Waals surface area contributed by atoms with Gasteiger partial charge in [-0.2, -0.15) is 0 Å². The molecular weight excluding hydrogens is 572 g/mol. The van der Waals surface area contributed by atoms with Gasteiger partial charge >= 0.3 is 5.97 Å². The second kappa shape index (κ2) is 12.6. The molecule has 5 rings (SSSR count). The number of rotatable bonds is 9. The number of tetrazole rings is 1. The number of ether oxygens (including phenoxy) is 2. The van der Waals surface area contributed by atoms with E-state index in [4.69, 9.17) is 15.2 Å². The van der Waals surface area contributed by atoms with Crippen molar-refractivity contribution in [1.29, 1.82) is 0 Å². The van der Waals surface area contributed by atoms with Gasteiger partial charge in [0.1, 0.15) is 23.8 Å². The highest BCUT2D eigenvalue weighted by atomic mass is 32.2. The lowest BCUT2D eigenvalue weighted by Gasteiger charge is -2.21. The van der Waals surface area contributed by atoms with Crippen LogP contribution in [0.5, 0.6) is 17.2 Å². The lowest BCUT2D eigenvalue weighted by atomic mass is 10.0. The maximum Gasteiger partial charge on any atom is 0.331 e. The van der Waals surface area contributed by atoms with Crippen LogP contribution in [0.25, 0.3) is 10.8 Å². The Morgan fingerprint density at radius 2 is 1.70 bits per heavy atom. The Hall–Kier alpha value is -5.43. The summed E-state index contributed by atoms with van der Waals surface area (Å²) in [5, 5.41) is 22.6. The summed E-state index contributed by atoms with van der Waals surface area (Å²) in [6.07, 6.45) is 0. The third-order valence-electron chi connectivity index (χ3n) is 6.49. The second-order valence-electron chi connectivity index (χ2n) is 9.41. The highest BCUT2D eigenvalue weighted by Crippen LogP contribution is 2.36. The summed E-state index contributed by atoms with van der Waals surface area (Å²) < 4.78 is 12.3. The molecule has 2 amide bonds. The number of primary amides is 1. The van der Waals surface area contributed by atoms with Crippen molar-refractivity contribution in [2.24, 2.45) is 5.73 Å². The maximum absolute atomic E-state index is 13.6. The van der Waals surface area contributed by atoms with Gasteiger partial charge in [-0.25, -0.2) is 9.48 Å². The average Bonchev–Trinajstić information content (AvgIpc) is 3.44. The van der Waals surface area contributed by atoms with E-state index in [1.54, 1.807) is 43.5 Å². The Kier molecular flexibility index (Phi) is 8.53. The van der Waals surface area contributed by atoms with Gasteiger partial charge in [0.25, 0.3) is 11.1 Å². The van der Waals surface area contributed by atoms with Gasteiger partial charge in [-0.15, -0.1) is 5.10 Å². The molecule has 43 heavy (non-hydrogen) atoms. The number of benzene rings is 4. The molecule has 4 aromatic carbocycles. The van der Waals surface area contributed by atoms with E-state index in [9.17, 15) is 19.5 Å². The summed E-state index contributed by atoms with van der Waals surface area (Å²) in [5.41, 5.74) is 7.53. The van der Waals surface area contributed by atoms with Crippen LogP contribution < -0.4 is 20.1 Å². The molecule has 1 aromatic heterocycles. The number of nitrogens with two attached hydrogens (primary N) is 1. The number of nitrogens with zero attached hydrogens (tertiary/aromatic N) is 5. The third-order valence-corrected chi connectivity index (χ3v) is 7.36. The van der Waals surface area contributed by atoms with E-state index >= 15 is 0 Å². The Morgan fingerprint density at radius 1 is 1.00 bits per heavy atom. The number of anilines is 1. The molecule has 0 bridgehead atoms. The molecule has 0 aliphatic heterocycles. The first kappa shape index (κ1) is 29.1. The van der Waals surface area contributed by atoms with Crippen molar-refractivity contribution in [2.45, 2.75) is 18.6 Å². The molecule has 0 atom stereocenters. The predicted molar refractivity (Wildman–Crippen MR) is 159 cm³/mol. The van der Waals surface area contributed by atoms with Crippen LogP contribution in [0.15, 0.2) is 84.0 Å². The van der Waals surface area contributed by atoms with Gasteiger partial charge in [0, 0.05) is 28.2 Å². The summed E-state index contributed by atoms with van der Waals surface area (Å²) >= 11 is 0.757. The quantitative estimate of drug-likeness (QED) is 0.142. The number of hydrogen-bond donors (Lipinski definition) is 2. The highest BCUT2D eigenvalue weighted by Gasteiger charge is 2.25. The zero-order valence-corrected chi connectivity index (χ0v) is 23.9. The van der Waals surface area contributed by atoms with E-state index in [-0.39, 0.29) is 27.6 Å². The average molecular weight is 599 g/mol. The van der Waals surface area contributed by atoms with E-state index < -0.39 is 23.7 Å². The summed E-state index contributed by atoms with van der Waals surface area (Å²) in [5.74, 6) is -1.28. The molecule has 13 heteroatoms. The van der Waals surface area contributed by atoms with Gasteiger partial charge in [-0.3, -0.25) is 14.5 Å². The number of carbonyl (C=O) groups is 3. The van der Waals surface area contributed by atoms with E-state index in [0.717, 1.165) is 22.9 Å². The van der Waals surface area contributed by atoms with Crippen LogP contribution in [0.3, 0.4) is 0 Å². The number of amides is 2. The molecule has 0 fully saturated rings. The highest BCUT2D eigenvalue weighted by molar-refractivity contribution is 8.13. The van der Waals surface area contributed by atoms with Gasteiger partial charge in [-0.05, 0) is 53.2 Å².